The zero-order chi connectivity index (χ0) is 17.9. The highest BCUT2D eigenvalue weighted by atomic mass is 32.2. The summed E-state index contributed by atoms with van der Waals surface area (Å²) in [4.78, 5) is 37.4. The van der Waals surface area contributed by atoms with Gasteiger partial charge in [-0.1, -0.05) is 12.1 Å². The molecule has 6 nitrogen and oxygen atoms in total. The highest BCUT2D eigenvalue weighted by Gasteiger charge is 2.37. The lowest BCUT2D eigenvalue weighted by Crippen LogP contribution is -2.37. The summed E-state index contributed by atoms with van der Waals surface area (Å²) in [6.07, 6.45) is 1.60. The fraction of sp³-hybridized carbons (Fsp3) is 0.353. The summed E-state index contributed by atoms with van der Waals surface area (Å²) in [5.74, 6) is -0.470. The van der Waals surface area contributed by atoms with E-state index in [-0.39, 0.29) is 4.91 Å². The van der Waals surface area contributed by atoms with Gasteiger partial charge in [0.1, 0.15) is 17.9 Å². The Morgan fingerprint density at radius 3 is 2.62 bits per heavy atom. The number of amides is 2. The van der Waals surface area contributed by atoms with E-state index >= 15 is 0 Å². The maximum atomic E-state index is 12.4. The molecule has 1 fully saturated rings. The molecule has 0 spiro atoms. The highest BCUT2D eigenvalue weighted by Crippen LogP contribution is 2.32. The smallest absolute Gasteiger partial charge is 0.326 e. The number of thioether (sulfide) groups is 1. The average molecular weight is 349 g/mol. The second-order valence-corrected chi connectivity index (χ2v) is 7.12. The third-order valence-electron chi connectivity index (χ3n) is 2.97. The first kappa shape index (κ1) is 18.1. The molecular formula is C17H19NO5S. The molecule has 2 amide bonds. The van der Waals surface area contributed by atoms with Gasteiger partial charge >= 0.3 is 5.97 Å². The largest absolute Gasteiger partial charge is 0.497 e. The van der Waals surface area contributed by atoms with Gasteiger partial charge in [-0.2, -0.15) is 0 Å². The van der Waals surface area contributed by atoms with E-state index in [9.17, 15) is 14.4 Å². The number of benzene rings is 1. The maximum Gasteiger partial charge on any atom is 0.326 e. The van der Waals surface area contributed by atoms with Gasteiger partial charge in [0.25, 0.3) is 11.1 Å². The molecule has 0 aromatic heterocycles. The third kappa shape index (κ3) is 4.61. The first-order valence-electron chi connectivity index (χ1n) is 7.31. The molecule has 0 aliphatic carbocycles. The van der Waals surface area contributed by atoms with Crippen LogP contribution < -0.4 is 4.74 Å². The number of nitrogens with zero attached hydrogens (tertiary/aromatic N) is 1. The molecule has 0 atom stereocenters. The zero-order valence-electron chi connectivity index (χ0n) is 14.0. The van der Waals surface area contributed by atoms with E-state index in [1.807, 2.05) is 0 Å². The van der Waals surface area contributed by atoms with E-state index in [4.69, 9.17) is 9.47 Å². The lowest BCUT2D eigenvalue weighted by molar-refractivity contribution is -0.156. The number of imide groups is 1. The summed E-state index contributed by atoms with van der Waals surface area (Å²) < 4.78 is 10.3. The number of esters is 1. The summed E-state index contributed by atoms with van der Waals surface area (Å²) in [7, 11) is 1.55. The van der Waals surface area contributed by atoms with Gasteiger partial charge in [0, 0.05) is 0 Å². The van der Waals surface area contributed by atoms with Crippen LogP contribution in [0.5, 0.6) is 5.75 Å². The van der Waals surface area contributed by atoms with Crippen LogP contribution in [0.2, 0.25) is 0 Å². The first-order chi connectivity index (χ1) is 11.2. The predicted molar refractivity (Wildman–Crippen MR) is 91.5 cm³/mol. The zero-order valence-corrected chi connectivity index (χ0v) is 14.8. The molecule has 1 aromatic carbocycles. The Labute approximate surface area is 144 Å². The van der Waals surface area contributed by atoms with Crippen LogP contribution in [0, 0.1) is 0 Å². The van der Waals surface area contributed by atoms with Crippen LogP contribution in [0.4, 0.5) is 4.79 Å². The molecule has 128 valence electrons. The Bertz CT molecular complexity index is 705. The minimum absolute atomic E-state index is 0.261. The van der Waals surface area contributed by atoms with E-state index in [1.54, 1.807) is 58.2 Å². The molecule has 1 saturated heterocycles. The minimum atomic E-state index is -0.671. The molecule has 1 heterocycles. The van der Waals surface area contributed by atoms with Gasteiger partial charge in [-0.15, -0.1) is 0 Å². The van der Waals surface area contributed by atoms with Crippen molar-refractivity contribution in [3.05, 3.63) is 34.7 Å². The summed E-state index contributed by atoms with van der Waals surface area (Å²) in [5.41, 5.74) is 0.0621. The van der Waals surface area contributed by atoms with Crippen molar-refractivity contribution in [1.82, 2.24) is 4.90 Å². The van der Waals surface area contributed by atoms with Gasteiger partial charge in [-0.25, -0.2) is 0 Å². The van der Waals surface area contributed by atoms with Crippen molar-refractivity contribution >= 4 is 35.0 Å². The maximum absolute atomic E-state index is 12.4. The van der Waals surface area contributed by atoms with Crippen LogP contribution in [0.3, 0.4) is 0 Å². The predicted octanol–water partition coefficient (Wildman–Crippen LogP) is 3.07. The Hall–Kier alpha value is -2.28. The van der Waals surface area contributed by atoms with Gasteiger partial charge in [0.2, 0.25) is 0 Å². The Morgan fingerprint density at radius 2 is 2.00 bits per heavy atom. The summed E-state index contributed by atoms with van der Waals surface area (Å²) in [6, 6.07) is 7.12. The van der Waals surface area contributed by atoms with Crippen molar-refractivity contribution in [2.45, 2.75) is 26.4 Å². The molecule has 1 aromatic rings. The van der Waals surface area contributed by atoms with E-state index in [0.29, 0.717) is 5.75 Å². The normalized spacial score (nSPS) is 16.7. The second kappa shape index (κ2) is 7.09. The molecule has 0 bridgehead atoms. The molecule has 0 radical (unpaired) electrons. The fourth-order valence-corrected chi connectivity index (χ4v) is 2.86. The van der Waals surface area contributed by atoms with Gasteiger partial charge in [0.15, 0.2) is 0 Å². The van der Waals surface area contributed by atoms with Crippen LogP contribution in [0.25, 0.3) is 6.08 Å². The number of hydrogen-bond donors (Lipinski definition) is 0. The SMILES string of the molecule is COc1cccc(C=C2SC(=O)N(CC(=O)OC(C)(C)C)C2=O)c1. The summed E-state index contributed by atoms with van der Waals surface area (Å²) >= 11 is 0.800. The molecule has 0 saturated carbocycles. The van der Waals surface area contributed by atoms with Crippen molar-refractivity contribution in [2.75, 3.05) is 13.7 Å². The van der Waals surface area contributed by atoms with Crippen LogP contribution >= 0.6 is 11.8 Å². The van der Waals surface area contributed by atoms with Crippen LogP contribution in [0.1, 0.15) is 26.3 Å². The minimum Gasteiger partial charge on any atom is -0.497 e. The number of carbonyl (C=O) groups is 3. The molecule has 24 heavy (non-hydrogen) atoms. The Kier molecular flexibility index (Phi) is 5.33. The first-order valence-corrected chi connectivity index (χ1v) is 8.12. The van der Waals surface area contributed by atoms with Crippen molar-refractivity contribution in [2.24, 2.45) is 0 Å². The monoisotopic (exact) mass is 349 g/mol. The van der Waals surface area contributed by atoms with Crippen molar-refractivity contribution in [3.8, 4) is 5.75 Å². The molecule has 0 unspecified atom stereocenters. The van der Waals surface area contributed by atoms with Crippen molar-refractivity contribution in [1.29, 1.82) is 0 Å². The molecule has 0 N–H and O–H groups in total. The standard InChI is InChI=1S/C17H19NO5S/c1-17(2,3)23-14(19)10-18-15(20)13(24-16(18)21)9-11-6-5-7-12(8-11)22-4/h5-9H,10H2,1-4H3. The fourth-order valence-electron chi connectivity index (χ4n) is 2.02. The van der Waals surface area contributed by atoms with Gasteiger partial charge < -0.3 is 9.47 Å². The summed E-state index contributed by atoms with van der Waals surface area (Å²) in [6.45, 7) is 4.78. The van der Waals surface area contributed by atoms with Crippen molar-refractivity contribution in [3.63, 3.8) is 0 Å². The average Bonchev–Trinajstić information content (AvgIpc) is 2.73. The topological polar surface area (TPSA) is 72.9 Å². The lowest BCUT2D eigenvalue weighted by Gasteiger charge is -2.21. The van der Waals surface area contributed by atoms with E-state index in [0.717, 1.165) is 22.2 Å². The number of hydrogen-bond acceptors (Lipinski definition) is 6. The molecule has 7 heteroatoms. The third-order valence-corrected chi connectivity index (χ3v) is 3.88. The molecule has 1 aliphatic rings. The van der Waals surface area contributed by atoms with Gasteiger partial charge in [-0.3, -0.25) is 19.3 Å². The van der Waals surface area contributed by atoms with Crippen molar-refractivity contribution < 1.29 is 23.9 Å². The Morgan fingerprint density at radius 1 is 1.29 bits per heavy atom. The van der Waals surface area contributed by atoms with Crippen LogP contribution in [-0.4, -0.2) is 41.3 Å². The summed E-state index contributed by atoms with van der Waals surface area (Å²) in [5, 5.41) is -0.486. The second-order valence-electron chi connectivity index (χ2n) is 6.13. The molecular weight excluding hydrogens is 330 g/mol. The molecule has 2 rings (SSSR count). The number of rotatable bonds is 4. The van der Waals surface area contributed by atoms with Gasteiger partial charge in [-0.05, 0) is 56.3 Å². The van der Waals surface area contributed by atoms with E-state index in [2.05, 4.69) is 0 Å². The van der Waals surface area contributed by atoms with E-state index in [1.165, 1.54) is 0 Å². The molecule has 1 aliphatic heterocycles. The van der Waals surface area contributed by atoms with Crippen LogP contribution in [0.15, 0.2) is 29.2 Å². The Balaban J connectivity index is 2.13. The quantitative estimate of drug-likeness (QED) is 0.614. The highest BCUT2D eigenvalue weighted by molar-refractivity contribution is 8.18. The number of carbonyl (C=O) groups excluding carboxylic acids is 3. The van der Waals surface area contributed by atoms with E-state index < -0.39 is 29.3 Å². The lowest BCUT2D eigenvalue weighted by atomic mass is 10.2. The number of ether oxygens (including phenoxy) is 2. The number of methoxy groups -OCH3 is 1. The van der Waals surface area contributed by atoms with Gasteiger partial charge in [0.05, 0.1) is 12.0 Å². The van der Waals surface area contributed by atoms with Crippen LogP contribution in [-0.2, 0) is 14.3 Å².